The summed E-state index contributed by atoms with van der Waals surface area (Å²) >= 11 is 0. The third-order valence-electron chi connectivity index (χ3n) is 5.03. The van der Waals surface area contributed by atoms with Gasteiger partial charge in [-0.05, 0) is 44.9 Å². The lowest BCUT2D eigenvalue weighted by Crippen LogP contribution is -2.31. The first kappa shape index (κ1) is 19.3. The molecule has 1 aliphatic heterocycles. The van der Waals surface area contributed by atoms with Gasteiger partial charge in [0.1, 0.15) is 0 Å². The van der Waals surface area contributed by atoms with Crippen LogP contribution in [0.2, 0.25) is 0 Å². The van der Waals surface area contributed by atoms with Gasteiger partial charge in [-0.25, -0.2) is 9.67 Å². The number of nitrogens with zero attached hydrogens (tertiary/aromatic N) is 4. The summed E-state index contributed by atoms with van der Waals surface area (Å²) in [6, 6.07) is 2.25. The van der Waals surface area contributed by atoms with Gasteiger partial charge in [0.25, 0.3) is 0 Å². The van der Waals surface area contributed by atoms with Gasteiger partial charge in [-0.2, -0.15) is 18.3 Å². The number of pyridine rings is 1. The molecule has 9 heteroatoms. The molecular formula is C18H22F3N5O. The van der Waals surface area contributed by atoms with E-state index in [9.17, 15) is 18.0 Å². The second kappa shape index (κ2) is 7.30. The zero-order valence-electron chi connectivity index (χ0n) is 15.3. The van der Waals surface area contributed by atoms with E-state index in [1.165, 1.54) is 10.7 Å². The first-order chi connectivity index (χ1) is 12.7. The molecule has 2 aromatic heterocycles. The zero-order chi connectivity index (χ0) is 19.8. The Bertz CT molecular complexity index is 829. The first-order valence-electron chi connectivity index (χ1n) is 8.77. The van der Waals surface area contributed by atoms with E-state index in [2.05, 4.69) is 10.1 Å². The molecule has 1 saturated heterocycles. The minimum Gasteiger partial charge on any atom is -0.342 e. The number of likely N-dealkylation sites (tertiary alicyclic amines) is 1. The zero-order valence-corrected chi connectivity index (χ0v) is 15.3. The highest BCUT2D eigenvalue weighted by molar-refractivity contribution is 5.79. The standard InChI is InChI=1S/C18H22F3N5O/c1-11-15(7-17(27)25-6-5-13(8-22)10-25)12(2)26(24-11)16-4-3-14(9-23-16)18(19,20)21/h3-4,9,13H,5-8,10,22H2,1-2H3. The predicted octanol–water partition coefficient (Wildman–Crippen LogP) is 2.25. The van der Waals surface area contributed by atoms with Crippen molar-refractivity contribution in [1.82, 2.24) is 19.7 Å². The topological polar surface area (TPSA) is 77.0 Å². The molecule has 1 atom stereocenters. The molecule has 3 heterocycles. The van der Waals surface area contributed by atoms with Crippen LogP contribution in [0.1, 0.15) is 28.9 Å². The Balaban J connectivity index is 1.80. The van der Waals surface area contributed by atoms with Crippen LogP contribution >= 0.6 is 0 Å². The third-order valence-corrected chi connectivity index (χ3v) is 5.03. The van der Waals surface area contributed by atoms with Crippen LogP contribution in [-0.4, -0.2) is 45.2 Å². The van der Waals surface area contributed by atoms with Crippen molar-refractivity contribution in [2.75, 3.05) is 19.6 Å². The molecule has 146 valence electrons. The molecule has 3 rings (SSSR count). The van der Waals surface area contributed by atoms with Gasteiger partial charge in [0.15, 0.2) is 5.82 Å². The van der Waals surface area contributed by atoms with E-state index in [0.29, 0.717) is 36.9 Å². The van der Waals surface area contributed by atoms with Gasteiger partial charge in [-0.15, -0.1) is 0 Å². The highest BCUT2D eigenvalue weighted by atomic mass is 19.4. The van der Waals surface area contributed by atoms with Gasteiger partial charge >= 0.3 is 6.18 Å². The number of hydrogen-bond donors (Lipinski definition) is 1. The Kier molecular flexibility index (Phi) is 5.23. The molecular weight excluding hydrogens is 359 g/mol. The third kappa shape index (κ3) is 3.97. The normalized spacial score (nSPS) is 17.6. The molecule has 0 spiro atoms. The van der Waals surface area contributed by atoms with E-state index in [-0.39, 0.29) is 18.1 Å². The number of hydrogen-bond acceptors (Lipinski definition) is 4. The van der Waals surface area contributed by atoms with Crippen molar-refractivity contribution < 1.29 is 18.0 Å². The molecule has 6 nitrogen and oxygen atoms in total. The lowest BCUT2D eigenvalue weighted by Gasteiger charge is -2.16. The van der Waals surface area contributed by atoms with Crippen LogP contribution in [0.3, 0.4) is 0 Å². The Labute approximate surface area is 155 Å². The number of amides is 1. The molecule has 0 bridgehead atoms. The number of alkyl halides is 3. The Morgan fingerprint density at radius 2 is 2.07 bits per heavy atom. The Hall–Kier alpha value is -2.42. The second-order valence-electron chi connectivity index (χ2n) is 6.87. The Morgan fingerprint density at radius 3 is 2.63 bits per heavy atom. The van der Waals surface area contributed by atoms with Crippen molar-refractivity contribution in [1.29, 1.82) is 0 Å². The van der Waals surface area contributed by atoms with Crippen LogP contribution in [-0.2, 0) is 17.4 Å². The average molecular weight is 381 g/mol. The van der Waals surface area contributed by atoms with Crippen LogP contribution in [0.15, 0.2) is 18.3 Å². The second-order valence-corrected chi connectivity index (χ2v) is 6.87. The Morgan fingerprint density at radius 1 is 1.33 bits per heavy atom. The number of carbonyl (C=O) groups is 1. The fourth-order valence-corrected chi connectivity index (χ4v) is 3.35. The minimum atomic E-state index is -4.44. The fourth-order valence-electron chi connectivity index (χ4n) is 3.35. The quantitative estimate of drug-likeness (QED) is 0.881. The van der Waals surface area contributed by atoms with E-state index in [0.717, 1.165) is 24.2 Å². The maximum atomic E-state index is 12.7. The van der Waals surface area contributed by atoms with Crippen molar-refractivity contribution in [2.45, 2.75) is 32.9 Å². The van der Waals surface area contributed by atoms with Gasteiger partial charge in [0.2, 0.25) is 5.91 Å². The van der Waals surface area contributed by atoms with Gasteiger partial charge in [-0.3, -0.25) is 4.79 Å². The molecule has 1 unspecified atom stereocenters. The summed E-state index contributed by atoms with van der Waals surface area (Å²) in [7, 11) is 0. The lowest BCUT2D eigenvalue weighted by molar-refractivity contribution is -0.137. The summed E-state index contributed by atoms with van der Waals surface area (Å²) in [5, 5.41) is 4.37. The molecule has 0 aliphatic carbocycles. The monoisotopic (exact) mass is 381 g/mol. The van der Waals surface area contributed by atoms with Gasteiger partial charge in [-0.1, -0.05) is 0 Å². The molecule has 2 aromatic rings. The van der Waals surface area contributed by atoms with E-state index in [1.54, 1.807) is 13.8 Å². The molecule has 1 aliphatic rings. The molecule has 0 radical (unpaired) electrons. The van der Waals surface area contributed by atoms with Crippen molar-refractivity contribution in [3.63, 3.8) is 0 Å². The molecule has 0 aromatic carbocycles. The maximum Gasteiger partial charge on any atom is 0.417 e. The highest BCUT2D eigenvalue weighted by Crippen LogP contribution is 2.29. The van der Waals surface area contributed by atoms with Crippen molar-refractivity contribution in [3.8, 4) is 5.82 Å². The summed E-state index contributed by atoms with van der Waals surface area (Å²) in [6.45, 7) is 5.51. The van der Waals surface area contributed by atoms with Crippen molar-refractivity contribution >= 4 is 5.91 Å². The van der Waals surface area contributed by atoms with Gasteiger partial charge < -0.3 is 10.6 Å². The van der Waals surface area contributed by atoms with Crippen LogP contribution in [0, 0.1) is 19.8 Å². The first-order valence-corrected chi connectivity index (χ1v) is 8.77. The van der Waals surface area contributed by atoms with E-state index >= 15 is 0 Å². The summed E-state index contributed by atoms with van der Waals surface area (Å²) in [5.74, 6) is 0.638. The molecule has 27 heavy (non-hydrogen) atoms. The summed E-state index contributed by atoms with van der Waals surface area (Å²) in [6.07, 6.45) is -2.53. The fraction of sp³-hybridized carbons (Fsp3) is 0.500. The molecule has 1 fully saturated rings. The largest absolute Gasteiger partial charge is 0.417 e. The van der Waals surface area contributed by atoms with Crippen LogP contribution < -0.4 is 5.73 Å². The predicted molar refractivity (Wildman–Crippen MR) is 93.3 cm³/mol. The van der Waals surface area contributed by atoms with Crippen LogP contribution in [0.4, 0.5) is 13.2 Å². The summed E-state index contributed by atoms with van der Waals surface area (Å²) in [4.78, 5) is 18.3. The number of nitrogens with two attached hydrogens (primary N) is 1. The average Bonchev–Trinajstić information content (AvgIpc) is 3.21. The number of rotatable bonds is 4. The lowest BCUT2D eigenvalue weighted by atomic mass is 10.1. The van der Waals surface area contributed by atoms with E-state index in [4.69, 9.17) is 5.73 Å². The molecule has 0 saturated carbocycles. The summed E-state index contributed by atoms with van der Waals surface area (Å²) in [5.41, 5.74) is 7.00. The van der Waals surface area contributed by atoms with Gasteiger partial charge in [0, 0.05) is 30.5 Å². The van der Waals surface area contributed by atoms with Crippen molar-refractivity contribution in [2.24, 2.45) is 11.7 Å². The van der Waals surface area contributed by atoms with Gasteiger partial charge in [0.05, 0.1) is 17.7 Å². The van der Waals surface area contributed by atoms with Crippen LogP contribution in [0.5, 0.6) is 0 Å². The number of carbonyl (C=O) groups excluding carboxylic acids is 1. The summed E-state index contributed by atoms with van der Waals surface area (Å²) < 4.78 is 39.6. The molecule has 1 amide bonds. The molecule has 2 N–H and O–H groups in total. The highest BCUT2D eigenvalue weighted by Gasteiger charge is 2.31. The minimum absolute atomic E-state index is 0.0112. The van der Waals surface area contributed by atoms with E-state index < -0.39 is 11.7 Å². The maximum absolute atomic E-state index is 12.7. The number of aromatic nitrogens is 3. The number of aryl methyl sites for hydroxylation is 1. The SMILES string of the molecule is Cc1nn(-c2ccc(C(F)(F)F)cn2)c(C)c1CC(=O)N1CCC(CN)C1. The number of halogens is 3. The van der Waals surface area contributed by atoms with Crippen molar-refractivity contribution in [3.05, 3.63) is 40.8 Å². The van der Waals surface area contributed by atoms with Crippen LogP contribution in [0.25, 0.3) is 5.82 Å². The smallest absolute Gasteiger partial charge is 0.342 e. The van der Waals surface area contributed by atoms with E-state index in [1.807, 2.05) is 4.90 Å².